The number of ether oxygens (including phenoxy) is 1. The van der Waals surface area contributed by atoms with Gasteiger partial charge >= 0.3 is 5.97 Å². The van der Waals surface area contributed by atoms with Crippen molar-refractivity contribution in [2.24, 2.45) is 0 Å². The molecule has 0 bridgehead atoms. The number of rotatable bonds is 3. The van der Waals surface area contributed by atoms with E-state index in [9.17, 15) is 4.79 Å². The Kier molecular flexibility index (Phi) is 3.26. The maximum absolute atomic E-state index is 12.1. The smallest absolute Gasteiger partial charge is 0.340 e. The first-order valence-electron chi connectivity index (χ1n) is 7.11. The Hall–Kier alpha value is -1.81. The van der Waals surface area contributed by atoms with Crippen molar-refractivity contribution in [3.05, 3.63) is 34.5 Å². The summed E-state index contributed by atoms with van der Waals surface area (Å²) < 4.78 is 7.20. The molecule has 4 nitrogen and oxygen atoms in total. The third-order valence-corrected chi connectivity index (χ3v) is 4.11. The molecule has 0 fully saturated rings. The van der Waals surface area contributed by atoms with Crippen molar-refractivity contribution < 1.29 is 9.53 Å². The molecule has 4 heteroatoms. The highest BCUT2D eigenvalue weighted by Crippen LogP contribution is 2.31. The van der Waals surface area contributed by atoms with Crippen LogP contribution in [0.25, 0.3) is 10.9 Å². The molecule has 0 amide bonds. The Morgan fingerprint density at radius 2 is 2.05 bits per heavy atom. The summed E-state index contributed by atoms with van der Waals surface area (Å²) in [5.41, 5.74) is 5.49. The molecule has 1 aliphatic heterocycles. The van der Waals surface area contributed by atoms with Gasteiger partial charge in [0, 0.05) is 36.2 Å². The first-order chi connectivity index (χ1) is 9.67. The Bertz CT molecular complexity index is 686. The first kappa shape index (κ1) is 13.2. The van der Waals surface area contributed by atoms with Gasteiger partial charge in [0.2, 0.25) is 0 Å². The number of hydrogen-bond acceptors (Lipinski definition) is 3. The van der Waals surface area contributed by atoms with E-state index in [4.69, 9.17) is 4.74 Å². The molecule has 0 aliphatic carbocycles. The SMILES string of the molecule is CCCn1c(C)c(C(=O)OC)c2cc3c(cc21)CNC3. The first-order valence-corrected chi connectivity index (χ1v) is 7.11. The van der Waals surface area contributed by atoms with Crippen LogP contribution in [-0.4, -0.2) is 17.6 Å². The average molecular weight is 272 g/mol. The number of carbonyl (C=O) groups excluding carboxylic acids is 1. The van der Waals surface area contributed by atoms with Gasteiger partial charge in [0.25, 0.3) is 0 Å². The standard InChI is InChI=1S/C16H20N2O2/c1-4-5-18-10(2)15(16(19)20-3)13-6-11-8-17-9-12(11)7-14(13)18/h6-7,17H,4-5,8-9H2,1-3H3. The zero-order valence-corrected chi connectivity index (χ0v) is 12.2. The fraction of sp³-hybridized carbons (Fsp3) is 0.438. The number of nitrogens with one attached hydrogen (secondary N) is 1. The molecule has 1 aliphatic rings. The molecule has 0 radical (unpaired) electrons. The molecule has 0 saturated heterocycles. The lowest BCUT2D eigenvalue weighted by molar-refractivity contribution is 0.0602. The zero-order valence-electron chi connectivity index (χ0n) is 12.2. The topological polar surface area (TPSA) is 43.3 Å². The average Bonchev–Trinajstić information content (AvgIpc) is 3.00. The van der Waals surface area contributed by atoms with Gasteiger partial charge in [-0.05, 0) is 36.6 Å². The normalized spacial score (nSPS) is 13.8. The predicted octanol–water partition coefficient (Wildman–Crippen LogP) is 2.75. The summed E-state index contributed by atoms with van der Waals surface area (Å²) in [4.78, 5) is 12.1. The number of esters is 1. The second-order valence-corrected chi connectivity index (χ2v) is 5.35. The number of hydrogen-bond donors (Lipinski definition) is 1. The van der Waals surface area contributed by atoms with E-state index in [1.54, 1.807) is 0 Å². The van der Waals surface area contributed by atoms with E-state index in [1.807, 2.05) is 6.92 Å². The molecule has 2 heterocycles. The maximum Gasteiger partial charge on any atom is 0.340 e. The number of aryl methyl sites for hydroxylation is 1. The summed E-state index contributed by atoms with van der Waals surface area (Å²) in [5, 5.41) is 4.37. The van der Waals surface area contributed by atoms with Gasteiger partial charge in [-0.1, -0.05) is 6.92 Å². The van der Waals surface area contributed by atoms with Gasteiger partial charge in [0.1, 0.15) is 0 Å². The van der Waals surface area contributed by atoms with Crippen LogP contribution in [0.4, 0.5) is 0 Å². The van der Waals surface area contributed by atoms with E-state index >= 15 is 0 Å². The minimum atomic E-state index is -0.242. The highest BCUT2D eigenvalue weighted by molar-refractivity contribution is 6.06. The molecule has 2 aromatic rings. The van der Waals surface area contributed by atoms with E-state index in [2.05, 4.69) is 28.9 Å². The van der Waals surface area contributed by atoms with Crippen LogP contribution in [-0.2, 0) is 24.4 Å². The Morgan fingerprint density at radius 1 is 1.35 bits per heavy atom. The largest absolute Gasteiger partial charge is 0.465 e. The lowest BCUT2D eigenvalue weighted by atomic mass is 10.0. The molecule has 1 aromatic heterocycles. The second kappa shape index (κ2) is 4.94. The van der Waals surface area contributed by atoms with Crippen molar-refractivity contribution in [2.75, 3.05) is 7.11 Å². The van der Waals surface area contributed by atoms with Crippen LogP contribution in [0.5, 0.6) is 0 Å². The van der Waals surface area contributed by atoms with Gasteiger partial charge in [-0.25, -0.2) is 4.79 Å². The van der Waals surface area contributed by atoms with Crippen LogP contribution >= 0.6 is 0 Å². The molecule has 0 atom stereocenters. The Morgan fingerprint density at radius 3 is 2.70 bits per heavy atom. The highest BCUT2D eigenvalue weighted by Gasteiger charge is 2.22. The number of aromatic nitrogens is 1. The van der Waals surface area contributed by atoms with Gasteiger partial charge in [-0.15, -0.1) is 0 Å². The van der Waals surface area contributed by atoms with Crippen LogP contribution in [0.15, 0.2) is 12.1 Å². The second-order valence-electron chi connectivity index (χ2n) is 5.35. The van der Waals surface area contributed by atoms with Gasteiger partial charge < -0.3 is 14.6 Å². The minimum absolute atomic E-state index is 0.242. The number of carbonyl (C=O) groups is 1. The summed E-state index contributed by atoms with van der Waals surface area (Å²) in [6, 6.07) is 4.37. The summed E-state index contributed by atoms with van der Waals surface area (Å²) >= 11 is 0. The van der Waals surface area contributed by atoms with Crippen LogP contribution in [0.3, 0.4) is 0 Å². The van der Waals surface area contributed by atoms with E-state index in [1.165, 1.54) is 18.2 Å². The number of nitrogens with zero attached hydrogens (tertiary/aromatic N) is 1. The molecule has 20 heavy (non-hydrogen) atoms. The van der Waals surface area contributed by atoms with Gasteiger partial charge in [-0.3, -0.25) is 0 Å². The minimum Gasteiger partial charge on any atom is -0.465 e. The molecule has 1 N–H and O–H groups in total. The lowest BCUT2D eigenvalue weighted by Gasteiger charge is -2.07. The van der Waals surface area contributed by atoms with Crippen LogP contribution in [0.2, 0.25) is 0 Å². The number of benzene rings is 1. The monoisotopic (exact) mass is 272 g/mol. The summed E-state index contributed by atoms with van der Waals surface area (Å²) in [6.45, 7) is 6.87. The molecule has 3 rings (SSSR count). The lowest BCUT2D eigenvalue weighted by Crippen LogP contribution is -2.05. The molecular weight excluding hydrogens is 252 g/mol. The molecule has 0 saturated carbocycles. The highest BCUT2D eigenvalue weighted by atomic mass is 16.5. The van der Waals surface area contributed by atoms with Crippen molar-refractivity contribution in [3.63, 3.8) is 0 Å². The summed E-state index contributed by atoms with van der Waals surface area (Å²) in [5.74, 6) is -0.242. The predicted molar refractivity (Wildman–Crippen MR) is 78.8 cm³/mol. The van der Waals surface area contributed by atoms with E-state index in [0.29, 0.717) is 5.56 Å². The number of fused-ring (bicyclic) bond motifs is 2. The Labute approximate surface area is 118 Å². The number of methoxy groups -OCH3 is 1. The van der Waals surface area contributed by atoms with Crippen LogP contribution in [0, 0.1) is 6.92 Å². The molecule has 0 unspecified atom stereocenters. The maximum atomic E-state index is 12.1. The van der Waals surface area contributed by atoms with Gasteiger partial charge in [0.05, 0.1) is 12.7 Å². The summed E-state index contributed by atoms with van der Waals surface area (Å²) in [6.07, 6.45) is 1.04. The van der Waals surface area contributed by atoms with Crippen molar-refractivity contribution in [1.29, 1.82) is 0 Å². The fourth-order valence-corrected chi connectivity index (χ4v) is 3.14. The molecule has 0 spiro atoms. The third-order valence-electron chi connectivity index (χ3n) is 4.11. The zero-order chi connectivity index (χ0) is 14.3. The summed E-state index contributed by atoms with van der Waals surface area (Å²) in [7, 11) is 1.44. The molecule has 1 aromatic carbocycles. The van der Waals surface area contributed by atoms with Crippen LogP contribution < -0.4 is 5.32 Å². The third kappa shape index (κ3) is 1.83. The van der Waals surface area contributed by atoms with Crippen molar-refractivity contribution in [2.45, 2.75) is 39.9 Å². The van der Waals surface area contributed by atoms with Crippen molar-refractivity contribution in [3.8, 4) is 0 Å². The fourth-order valence-electron chi connectivity index (χ4n) is 3.14. The molecular formula is C16H20N2O2. The van der Waals surface area contributed by atoms with Crippen molar-refractivity contribution >= 4 is 16.9 Å². The van der Waals surface area contributed by atoms with Gasteiger partial charge in [-0.2, -0.15) is 0 Å². The van der Waals surface area contributed by atoms with Crippen molar-refractivity contribution in [1.82, 2.24) is 9.88 Å². The van der Waals surface area contributed by atoms with E-state index in [0.717, 1.165) is 42.7 Å². The quantitative estimate of drug-likeness (QED) is 0.874. The Balaban J connectivity index is 2.32. The van der Waals surface area contributed by atoms with E-state index in [-0.39, 0.29) is 5.97 Å². The van der Waals surface area contributed by atoms with Crippen LogP contribution in [0.1, 0.15) is 40.5 Å². The van der Waals surface area contributed by atoms with Gasteiger partial charge in [0.15, 0.2) is 0 Å². The molecule has 106 valence electrons. The van der Waals surface area contributed by atoms with E-state index < -0.39 is 0 Å².